The topological polar surface area (TPSA) is 138 Å². The molecule has 2 aromatic rings. The monoisotopic (exact) mass is 385 g/mol. The minimum atomic E-state index is -1.86. The lowest BCUT2D eigenvalue weighted by Crippen LogP contribution is -2.36. The summed E-state index contributed by atoms with van der Waals surface area (Å²) in [5.74, 6) is -0.0487. The molecule has 5 atom stereocenters. The summed E-state index contributed by atoms with van der Waals surface area (Å²) in [5, 5.41) is 20.3. The molecule has 1 aliphatic heterocycles. The third-order valence-electron chi connectivity index (χ3n) is 4.71. The van der Waals surface area contributed by atoms with E-state index in [1.165, 1.54) is 11.7 Å². The molecule has 0 radical (unpaired) electrons. The zero-order chi connectivity index (χ0) is 19.9. The van der Waals surface area contributed by atoms with Crippen LogP contribution in [0.4, 0.5) is 10.3 Å². The zero-order valence-electron chi connectivity index (χ0n) is 15.4. The summed E-state index contributed by atoms with van der Waals surface area (Å²) in [4.78, 5) is 21.1. The highest BCUT2D eigenvalue weighted by Crippen LogP contribution is 2.35. The molecule has 0 aromatic carbocycles. The lowest BCUT2D eigenvalue weighted by molar-refractivity contribution is -0.0799. The Balaban J connectivity index is 2.21. The van der Waals surface area contributed by atoms with Crippen molar-refractivity contribution >= 4 is 17.1 Å². The first-order chi connectivity index (χ1) is 12.8. The number of aromatic nitrogens is 4. The van der Waals surface area contributed by atoms with Crippen LogP contribution in [0.2, 0.25) is 0 Å². The van der Waals surface area contributed by atoms with Gasteiger partial charge in [0.2, 0.25) is 11.8 Å². The summed E-state index contributed by atoms with van der Waals surface area (Å²) >= 11 is 0. The number of nitrogens with two attached hydrogens (primary N) is 1. The Morgan fingerprint density at radius 2 is 2.11 bits per heavy atom. The lowest BCUT2D eigenvalue weighted by Gasteiger charge is -2.18. The van der Waals surface area contributed by atoms with Crippen molar-refractivity contribution in [3.05, 3.63) is 10.5 Å². The first-order valence-corrected chi connectivity index (χ1v) is 8.83. The van der Waals surface area contributed by atoms with Gasteiger partial charge in [0.25, 0.3) is 0 Å². The molecule has 3 heterocycles. The molecule has 1 saturated heterocycles. The van der Waals surface area contributed by atoms with E-state index in [2.05, 4.69) is 9.97 Å². The Hall–Kier alpha value is -2.24. The number of hydrogen-bond donors (Lipinski definition) is 3. The first-order valence-electron chi connectivity index (χ1n) is 8.83. The molecule has 3 rings (SSSR count). The second-order valence-corrected chi connectivity index (χ2v) is 6.47. The van der Waals surface area contributed by atoms with Crippen molar-refractivity contribution in [3.63, 3.8) is 0 Å². The quantitative estimate of drug-likeness (QED) is 0.630. The SMILES string of the molecule is CCCn1c(=O)n([C@@H]2O[C@H](C(O)CC)[C@H](F)[C@H]2O)c2nc(N)nc(OC)c21. The van der Waals surface area contributed by atoms with Gasteiger partial charge in [-0.15, -0.1) is 0 Å². The van der Waals surface area contributed by atoms with E-state index < -0.39 is 36.4 Å². The number of nitrogens with zero attached hydrogens (tertiary/aromatic N) is 4. The minimum Gasteiger partial charge on any atom is -0.479 e. The van der Waals surface area contributed by atoms with Crippen LogP contribution < -0.4 is 16.2 Å². The average molecular weight is 385 g/mol. The van der Waals surface area contributed by atoms with Crippen LogP contribution in [0.1, 0.15) is 32.9 Å². The van der Waals surface area contributed by atoms with E-state index in [0.29, 0.717) is 13.0 Å². The molecule has 0 saturated carbocycles. The number of imidazole rings is 1. The second-order valence-electron chi connectivity index (χ2n) is 6.47. The van der Waals surface area contributed by atoms with E-state index in [9.17, 15) is 19.4 Å². The fourth-order valence-electron chi connectivity index (χ4n) is 3.38. The molecule has 1 fully saturated rings. The third kappa shape index (κ3) is 3.05. The van der Waals surface area contributed by atoms with Crippen molar-refractivity contribution < 1.29 is 24.1 Å². The summed E-state index contributed by atoms with van der Waals surface area (Å²) < 4.78 is 27.7. The predicted molar refractivity (Wildman–Crippen MR) is 94.2 cm³/mol. The molecular formula is C16H24FN5O5. The van der Waals surface area contributed by atoms with Gasteiger partial charge in [0.1, 0.15) is 12.2 Å². The summed E-state index contributed by atoms with van der Waals surface area (Å²) in [5.41, 5.74) is 5.51. The van der Waals surface area contributed by atoms with Crippen LogP contribution in [0, 0.1) is 0 Å². The van der Waals surface area contributed by atoms with Crippen LogP contribution in [-0.2, 0) is 11.3 Å². The van der Waals surface area contributed by atoms with Gasteiger partial charge in [0.05, 0.1) is 13.2 Å². The Bertz CT molecular complexity index is 884. The summed E-state index contributed by atoms with van der Waals surface area (Å²) in [6.07, 6.45) is -6.39. The standard InChI is InChI=1S/C16H24FN5O5/c1-4-6-21-9-12(19-15(18)20-13(9)26-3)22(16(21)25)14-10(24)8(17)11(27-14)7(23)5-2/h7-8,10-11,14,23-24H,4-6H2,1-3H3,(H2,18,19,20)/t7?,8-,10-,11-,14-/m1/s1. The summed E-state index contributed by atoms with van der Waals surface area (Å²) in [7, 11) is 1.38. The first kappa shape index (κ1) is 19.5. The lowest BCUT2D eigenvalue weighted by atomic mass is 10.1. The van der Waals surface area contributed by atoms with Crippen molar-refractivity contribution in [2.24, 2.45) is 0 Å². The highest BCUT2D eigenvalue weighted by molar-refractivity contribution is 5.78. The number of methoxy groups -OCH3 is 1. The minimum absolute atomic E-state index is 0.0701. The number of alkyl halides is 1. The Kier molecular flexibility index (Phi) is 5.36. The Morgan fingerprint density at radius 1 is 1.41 bits per heavy atom. The van der Waals surface area contributed by atoms with Gasteiger partial charge in [0.15, 0.2) is 23.6 Å². The number of hydrogen-bond acceptors (Lipinski definition) is 8. The summed E-state index contributed by atoms with van der Waals surface area (Å²) in [6.45, 7) is 3.87. The van der Waals surface area contributed by atoms with Crippen LogP contribution in [0.25, 0.3) is 11.2 Å². The molecule has 1 unspecified atom stereocenters. The fraction of sp³-hybridized carbons (Fsp3) is 0.688. The molecule has 0 aliphatic carbocycles. The molecule has 11 heteroatoms. The van der Waals surface area contributed by atoms with Gasteiger partial charge in [0, 0.05) is 6.54 Å². The van der Waals surface area contributed by atoms with E-state index in [1.54, 1.807) is 6.92 Å². The van der Waals surface area contributed by atoms with Crippen LogP contribution in [0.15, 0.2) is 4.79 Å². The van der Waals surface area contributed by atoms with Crippen molar-refractivity contribution in [1.82, 2.24) is 19.1 Å². The number of nitrogen functional groups attached to an aromatic ring is 1. The molecule has 27 heavy (non-hydrogen) atoms. The molecule has 0 bridgehead atoms. The van der Waals surface area contributed by atoms with Gasteiger partial charge in [-0.3, -0.25) is 4.57 Å². The van der Waals surface area contributed by atoms with Crippen LogP contribution in [-0.4, -0.2) is 60.9 Å². The Morgan fingerprint density at radius 3 is 2.70 bits per heavy atom. The van der Waals surface area contributed by atoms with Crippen molar-refractivity contribution in [1.29, 1.82) is 0 Å². The number of anilines is 1. The highest BCUT2D eigenvalue weighted by Gasteiger charge is 2.49. The second kappa shape index (κ2) is 7.41. The normalized spacial score (nSPS) is 26.6. The number of fused-ring (bicyclic) bond motifs is 1. The molecule has 4 N–H and O–H groups in total. The van der Waals surface area contributed by atoms with Crippen LogP contribution >= 0.6 is 0 Å². The van der Waals surface area contributed by atoms with Gasteiger partial charge in [-0.05, 0) is 12.8 Å². The Labute approximate surface area is 154 Å². The van der Waals surface area contributed by atoms with E-state index >= 15 is 0 Å². The number of halogens is 1. The maximum Gasteiger partial charge on any atom is 0.332 e. The maximum atomic E-state index is 14.5. The number of aryl methyl sites for hydroxylation is 1. The van der Waals surface area contributed by atoms with Crippen molar-refractivity contribution in [3.8, 4) is 5.88 Å². The fourth-order valence-corrected chi connectivity index (χ4v) is 3.38. The number of rotatable bonds is 6. The van der Waals surface area contributed by atoms with E-state index in [4.69, 9.17) is 15.2 Å². The number of ether oxygens (including phenoxy) is 2. The molecule has 150 valence electrons. The molecule has 1 aliphatic rings. The molecule has 2 aromatic heterocycles. The predicted octanol–water partition coefficient (Wildman–Crippen LogP) is -0.0389. The van der Waals surface area contributed by atoms with Gasteiger partial charge < -0.3 is 25.4 Å². The molecule has 0 spiro atoms. The van der Waals surface area contributed by atoms with Gasteiger partial charge in [-0.1, -0.05) is 13.8 Å². The van der Waals surface area contributed by atoms with E-state index in [0.717, 1.165) is 4.57 Å². The van der Waals surface area contributed by atoms with Crippen LogP contribution in [0.3, 0.4) is 0 Å². The molecule has 0 amide bonds. The van der Waals surface area contributed by atoms with Gasteiger partial charge in [-0.25, -0.2) is 13.8 Å². The number of aliphatic hydroxyl groups is 2. The van der Waals surface area contributed by atoms with Crippen molar-refractivity contribution in [2.45, 2.75) is 63.9 Å². The van der Waals surface area contributed by atoms with Gasteiger partial charge in [-0.2, -0.15) is 9.97 Å². The smallest absolute Gasteiger partial charge is 0.332 e. The number of aliphatic hydroxyl groups excluding tert-OH is 2. The molecule has 10 nitrogen and oxygen atoms in total. The average Bonchev–Trinajstić information content (AvgIpc) is 3.08. The van der Waals surface area contributed by atoms with E-state index in [-0.39, 0.29) is 29.4 Å². The van der Waals surface area contributed by atoms with Crippen molar-refractivity contribution in [2.75, 3.05) is 12.8 Å². The summed E-state index contributed by atoms with van der Waals surface area (Å²) in [6, 6.07) is 0. The largest absolute Gasteiger partial charge is 0.479 e. The van der Waals surface area contributed by atoms with E-state index in [1.807, 2.05) is 6.92 Å². The van der Waals surface area contributed by atoms with Gasteiger partial charge >= 0.3 is 5.69 Å². The molecular weight excluding hydrogens is 361 g/mol. The highest BCUT2D eigenvalue weighted by atomic mass is 19.1. The van der Waals surface area contributed by atoms with Crippen LogP contribution in [0.5, 0.6) is 5.88 Å². The maximum absolute atomic E-state index is 14.5. The zero-order valence-corrected chi connectivity index (χ0v) is 15.4. The third-order valence-corrected chi connectivity index (χ3v) is 4.71.